The van der Waals surface area contributed by atoms with Crippen molar-refractivity contribution in [2.24, 2.45) is 0 Å². The van der Waals surface area contributed by atoms with Crippen molar-refractivity contribution >= 4 is 29.6 Å². The highest BCUT2D eigenvalue weighted by molar-refractivity contribution is 7.13. The van der Waals surface area contributed by atoms with Gasteiger partial charge in [-0.15, -0.1) is 0 Å². The number of nitrogens with zero attached hydrogens (tertiary/aromatic N) is 4. The van der Waals surface area contributed by atoms with Crippen molar-refractivity contribution in [3.05, 3.63) is 168 Å². The third-order valence-corrected chi connectivity index (χ3v) is 11.6. The highest BCUT2D eigenvalue weighted by Crippen LogP contribution is 2.55. The van der Waals surface area contributed by atoms with Crippen LogP contribution in [0, 0.1) is 0 Å². The summed E-state index contributed by atoms with van der Waals surface area (Å²) in [4.78, 5) is 19.3. The van der Waals surface area contributed by atoms with Crippen LogP contribution in [0.5, 0.6) is 0 Å². The Morgan fingerprint density at radius 1 is 0.395 bits per heavy atom. The minimum Gasteiger partial charge on any atom is -0.255 e. The van der Waals surface area contributed by atoms with E-state index in [1.165, 1.54) is 32.7 Å². The van der Waals surface area contributed by atoms with E-state index in [9.17, 15) is 0 Å². The van der Waals surface area contributed by atoms with Crippen LogP contribution in [-0.4, -0.2) is 28.0 Å². The van der Waals surface area contributed by atoms with Crippen molar-refractivity contribution in [1.29, 1.82) is 0 Å². The smallest absolute Gasteiger partial charge is 0.117 e. The zero-order valence-electron chi connectivity index (χ0n) is 24.1. The fourth-order valence-electron chi connectivity index (χ4n) is 6.18. The Labute approximate surface area is 253 Å². The summed E-state index contributed by atoms with van der Waals surface area (Å²) in [7, 11) is -2.37. The summed E-state index contributed by atoms with van der Waals surface area (Å²) in [5.41, 5.74) is 10.5. The first-order valence-corrected chi connectivity index (χ1v) is 17.5. The molecule has 0 bridgehead atoms. The Kier molecular flexibility index (Phi) is 6.93. The number of rotatable bonds is 6. The van der Waals surface area contributed by atoms with Crippen LogP contribution < -0.4 is 0 Å². The summed E-state index contributed by atoms with van der Waals surface area (Å²) < 4.78 is 0. The number of benzene rings is 2. The van der Waals surface area contributed by atoms with Gasteiger partial charge in [-0.1, -0.05) is 98.0 Å². The number of hydrogen-bond donors (Lipinski definition) is 0. The quantitative estimate of drug-likeness (QED) is 0.188. The third kappa shape index (κ3) is 4.94. The maximum atomic E-state index is 5.27. The van der Waals surface area contributed by atoms with E-state index in [1.807, 2.05) is 61.1 Å². The molecule has 6 aromatic rings. The Hall–Kier alpha value is -5.26. The number of allylic oxidation sites excluding steroid dienone is 2. The maximum absolute atomic E-state index is 5.27. The molecular weight excluding hydrogens is 541 g/mol. The SMILES string of the molecule is C[Si]1(C)C(c2ccc(-c3ccccn3)nc2)=C(c2ccccc2)C(c2ccccc2)=C1c1cccc(-c2ccccn2)n1. The van der Waals surface area contributed by atoms with Gasteiger partial charge in [-0.2, -0.15) is 0 Å². The van der Waals surface area contributed by atoms with Gasteiger partial charge in [0.1, 0.15) is 8.07 Å². The molecule has 2 aromatic carbocycles. The van der Waals surface area contributed by atoms with Gasteiger partial charge in [-0.25, -0.2) is 4.98 Å². The summed E-state index contributed by atoms with van der Waals surface area (Å²) in [5.74, 6) is 0. The first-order chi connectivity index (χ1) is 21.1. The summed E-state index contributed by atoms with van der Waals surface area (Å²) >= 11 is 0. The van der Waals surface area contributed by atoms with E-state index in [0.29, 0.717) is 0 Å². The van der Waals surface area contributed by atoms with Crippen LogP contribution in [0.4, 0.5) is 0 Å². The van der Waals surface area contributed by atoms with Crippen molar-refractivity contribution in [3.63, 3.8) is 0 Å². The molecule has 4 nitrogen and oxygen atoms in total. The molecule has 0 saturated carbocycles. The minimum atomic E-state index is -2.37. The summed E-state index contributed by atoms with van der Waals surface area (Å²) in [5, 5.41) is 2.68. The lowest BCUT2D eigenvalue weighted by Gasteiger charge is -2.26. The van der Waals surface area contributed by atoms with E-state index < -0.39 is 8.07 Å². The first kappa shape index (κ1) is 26.6. The lowest BCUT2D eigenvalue weighted by Crippen LogP contribution is -2.29. The monoisotopic (exact) mass is 570 g/mol. The minimum absolute atomic E-state index is 0.866. The summed E-state index contributed by atoms with van der Waals surface area (Å²) in [6.07, 6.45) is 5.66. The number of aromatic nitrogens is 4. The Morgan fingerprint density at radius 3 is 1.47 bits per heavy atom. The van der Waals surface area contributed by atoms with Crippen LogP contribution in [0.25, 0.3) is 44.3 Å². The average molecular weight is 571 g/mol. The van der Waals surface area contributed by atoms with Crippen molar-refractivity contribution in [3.8, 4) is 22.8 Å². The van der Waals surface area contributed by atoms with Crippen LogP contribution in [-0.2, 0) is 0 Å². The molecule has 43 heavy (non-hydrogen) atoms. The Morgan fingerprint density at radius 2 is 0.907 bits per heavy atom. The average Bonchev–Trinajstić information content (AvgIpc) is 3.33. The highest BCUT2D eigenvalue weighted by atomic mass is 28.3. The molecule has 0 aliphatic carbocycles. The fourth-order valence-corrected chi connectivity index (χ4v) is 9.87. The Bertz CT molecular complexity index is 1950. The topological polar surface area (TPSA) is 51.6 Å². The molecule has 0 saturated heterocycles. The summed E-state index contributed by atoms with van der Waals surface area (Å²) in [6, 6.07) is 44.0. The van der Waals surface area contributed by atoms with E-state index in [0.717, 1.165) is 34.0 Å². The molecule has 0 amide bonds. The van der Waals surface area contributed by atoms with Gasteiger partial charge in [0.05, 0.1) is 28.5 Å². The molecule has 7 rings (SSSR count). The largest absolute Gasteiger partial charge is 0.255 e. The van der Waals surface area contributed by atoms with E-state index >= 15 is 0 Å². The van der Waals surface area contributed by atoms with Crippen LogP contribution in [0.2, 0.25) is 13.1 Å². The predicted octanol–water partition coefficient (Wildman–Crippen LogP) is 8.92. The predicted molar refractivity (Wildman–Crippen MR) is 179 cm³/mol. The molecular formula is C38H30N4Si. The molecule has 206 valence electrons. The zero-order chi connectivity index (χ0) is 29.2. The van der Waals surface area contributed by atoms with Crippen molar-refractivity contribution in [2.45, 2.75) is 13.1 Å². The standard InChI is InChI=1S/C38H30N4Si/c1-43(2)37(29-22-23-32(41-26-29)30-18-9-11-24-39-30)35(27-14-5-3-6-15-27)36(28-16-7-4-8-17-28)38(43)34-21-13-20-33(42-34)31-19-10-12-25-40-31/h3-26H,1-2H3. The molecule has 1 aliphatic heterocycles. The molecule has 4 aromatic heterocycles. The molecule has 0 radical (unpaired) electrons. The van der Waals surface area contributed by atoms with Gasteiger partial charge in [0.15, 0.2) is 0 Å². The molecule has 0 spiro atoms. The second kappa shape index (κ2) is 11.2. The van der Waals surface area contributed by atoms with Crippen LogP contribution in [0.15, 0.2) is 146 Å². The molecule has 0 unspecified atom stereocenters. The van der Waals surface area contributed by atoms with E-state index in [1.54, 1.807) is 0 Å². The Balaban J connectivity index is 1.49. The lowest BCUT2D eigenvalue weighted by molar-refractivity contribution is 1.23. The van der Waals surface area contributed by atoms with E-state index in [2.05, 4.69) is 108 Å². The van der Waals surface area contributed by atoms with Gasteiger partial charge in [0.2, 0.25) is 0 Å². The molecule has 0 fully saturated rings. The van der Waals surface area contributed by atoms with Gasteiger partial charge in [-0.3, -0.25) is 15.0 Å². The van der Waals surface area contributed by atoms with Gasteiger partial charge in [0, 0.05) is 18.6 Å². The van der Waals surface area contributed by atoms with E-state index in [-0.39, 0.29) is 0 Å². The molecule has 1 aliphatic rings. The second-order valence-electron chi connectivity index (χ2n) is 11.1. The van der Waals surface area contributed by atoms with Crippen LogP contribution >= 0.6 is 0 Å². The third-order valence-electron chi connectivity index (χ3n) is 8.04. The molecule has 5 heteroatoms. The zero-order valence-corrected chi connectivity index (χ0v) is 25.1. The van der Waals surface area contributed by atoms with Gasteiger partial charge < -0.3 is 0 Å². The van der Waals surface area contributed by atoms with Crippen molar-refractivity contribution < 1.29 is 0 Å². The van der Waals surface area contributed by atoms with Gasteiger partial charge in [-0.05, 0) is 80.7 Å². The first-order valence-electron chi connectivity index (χ1n) is 14.5. The van der Waals surface area contributed by atoms with Crippen molar-refractivity contribution in [1.82, 2.24) is 19.9 Å². The maximum Gasteiger partial charge on any atom is 0.117 e. The lowest BCUT2D eigenvalue weighted by atomic mass is 9.90. The fraction of sp³-hybridized carbons (Fsp3) is 0.0526. The van der Waals surface area contributed by atoms with Crippen molar-refractivity contribution in [2.75, 3.05) is 0 Å². The number of hydrogen-bond acceptors (Lipinski definition) is 4. The second-order valence-corrected chi connectivity index (χ2v) is 15.4. The highest BCUT2D eigenvalue weighted by Gasteiger charge is 2.44. The van der Waals surface area contributed by atoms with Crippen LogP contribution in [0.3, 0.4) is 0 Å². The van der Waals surface area contributed by atoms with E-state index in [4.69, 9.17) is 9.97 Å². The van der Waals surface area contributed by atoms with Gasteiger partial charge in [0.25, 0.3) is 0 Å². The van der Waals surface area contributed by atoms with Crippen LogP contribution in [0.1, 0.15) is 22.4 Å². The molecule has 0 atom stereocenters. The normalized spacial score (nSPS) is 14.3. The molecule has 5 heterocycles. The van der Waals surface area contributed by atoms with Gasteiger partial charge >= 0.3 is 0 Å². The molecule has 0 N–H and O–H groups in total. The summed E-state index contributed by atoms with van der Waals surface area (Å²) in [6.45, 7) is 4.89. The number of pyridine rings is 4.